The molecule has 1 atom stereocenters. The van der Waals surface area contributed by atoms with E-state index >= 15 is 0 Å². The Kier molecular flexibility index (Phi) is 4.17. The third kappa shape index (κ3) is 2.97. The number of hydrogen-bond acceptors (Lipinski definition) is 7. The Morgan fingerprint density at radius 1 is 1.00 bits per heavy atom. The summed E-state index contributed by atoms with van der Waals surface area (Å²) < 4.78 is 2.16. The third-order valence-electron chi connectivity index (χ3n) is 4.45. The van der Waals surface area contributed by atoms with E-state index in [4.69, 9.17) is 4.99 Å². The highest BCUT2D eigenvalue weighted by molar-refractivity contribution is 8.01. The molecule has 0 amide bonds. The molecule has 0 aliphatic carbocycles. The molecule has 28 heavy (non-hydrogen) atoms. The summed E-state index contributed by atoms with van der Waals surface area (Å²) in [6.07, 6.45) is 3.15. The molecule has 7 nitrogen and oxygen atoms in total. The van der Waals surface area contributed by atoms with Crippen LogP contribution >= 0.6 is 11.9 Å². The van der Waals surface area contributed by atoms with Crippen molar-refractivity contribution in [2.45, 2.75) is 17.9 Å². The normalized spacial score (nSPS) is 14.5. The predicted octanol–water partition coefficient (Wildman–Crippen LogP) is 4.41. The Balaban J connectivity index is 1.54. The lowest BCUT2D eigenvalue weighted by atomic mass is 10.2. The molecule has 3 heterocycles. The number of nitrogens with one attached hydrogen (secondary N) is 2. The highest BCUT2D eigenvalue weighted by Gasteiger charge is 2.27. The topological polar surface area (TPSA) is 82.1 Å². The minimum Gasteiger partial charge on any atom is -0.358 e. The Morgan fingerprint density at radius 2 is 1.82 bits per heavy atom. The number of H-pyrrole nitrogens is 1. The van der Waals surface area contributed by atoms with E-state index in [9.17, 15) is 0 Å². The number of nitrogens with zero attached hydrogens (tertiary/aromatic N) is 5. The zero-order valence-corrected chi connectivity index (χ0v) is 15.9. The van der Waals surface area contributed by atoms with E-state index in [0.717, 1.165) is 22.1 Å². The Bertz CT molecular complexity index is 1160. The fourth-order valence-electron chi connectivity index (χ4n) is 3.10. The molecule has 2 N–H and O–H groups in total. The molecule has 0 saturated carbocycles. The summed E-state index contributed by atoms with van der Waals surface area (Å²) in [5.74, 6) is 1.58. The molecule has 1 aliphatic rings. The Labute approximate surface area is 166 Å². The van der Waals surface area contributed by atoms with Gasteiger partial charge in [-0.1, -0.05) is 30.3 Å². The van der Waals surface area contributed by atoms with Gasteiger partial charge in [-0.3, -0.25) is 4.31 Å². The van der Waals surface area contributed by atoms with Gasteiger partial charge in [-0.25, -0.2) is 19.9 Å². The maximum Gasteiger partial charge on any atom is 0.162 e. The van der Waals surface area contributed by atoms with Crippen molar-refractivity contribution >= 4 is 46.1 Å². The molecule has 138 valence electrons. The van der Waals surface area contributed by atoms with Gasteiger partial charge in [-0.15, -0.1) is 0 Å². The van der Waals surface area contributed by atoms with Gasteiger partial charge in [0.1, 0.15) is 17.7 Å². The minimum atomic E-state index is -0.101. The fourth-order valence-corrected chi connectivity index (χ4v) is 4.16. The molecule has 1 aliphatic heterocycles. The van der Waals surface area contributed by atoms with Crippen LogP contribution in [0.4, 0.5) is 17.2 Å². The van der Waals surface area contributed by atoms with Gasteiger partial charge in [0.15, 0.2) is 11.5 Å². The van der Waals surface area contributed by atoms with Crippen molar-refractivity contribution in [2.24, 2.45) is 4.99 Å². The zero-order valence-electron chi connectivity index (χ0n) is 15.1. The summed E-state index contributed by atoms with van der Waals surface area (Å²) >= 11 is 1.67. The second-order valence-electron chi connectivity index (χ2n) is 6.35. The van der Waals surface area contributed by atoms with Crippen molar-refractivity contribution in [2.75, 3.05) is 9.62 Å². The second kappa shape index (κ2) is 6.97. The average molecular weight is 387 g/mol. The van der Waals surface area contributed by atoms with Gasteiger partial charge in [-0.2, -0.15) is 0 Å². The zero-order chi connectivity index (χ0) is 18.9. The number of hydrogen-bond donors (Lipinski definition) is 2. The number of anilines is 2. The highest BCUT2D eigenvalue weighted by atomic mass is 32.2. The van der Waals surface area contributed by atoms with Crippen LogP contribution in [0.5, 0.6) is 0 Å². The average Bonchev–Trinajstić information content (AvgIpc) is 3.23. The molecule has 0 spiro atoms. The highest BCUT2D eigenvalue weighted by Crippen LogP contribution is 2.40. The van der Waals surface area contributed by atoms with Crippen LogP contribution in [-0.2, 0) is 0 Å². The molecule has 0 bridgehead atoms. The number of benzene rings is 2. The number of aromatic amines is 1. The van der Waals surface area contributed by atoms with Gasteiger partial charge in [0.05, 0.1) is 28.6 Å². The molecule has 5 rings (SSSR count). The minimum absolute atomic E-state index is 0.101. The van der Waals surface area contributed by atoms with Gasteiger partial charge in [-0.05, 0) is 43.1 Å². The van der Waals surface area contributed by atoms with E-state index in [-0.39, 0.29) is 6.04 Å². The number of aromatic nitrogens is 4. The van der Waals surface area contributed by atoms with Crippen molar-refractivity contribution in [3.05, 3.63) is 67.3 Å². The first kappa shape index (κ1) is 16.8. The second-order valence-corrected chi connectivity index (χ2v) is 7.33. The van der Waals surface area contributed by atoms with Crippen LogP contribution in [-0.4, -0.2) is 31.8 Å². The van der Waals surface area contributed by atoms with Gasteiger partial charge >= 0.3 is 0 Å². The Morgan fingerprint density at radius 3 is 2.71 bits per heavy atom. The molecular weight excluding hydrogens is 370 g/mol. The molecule has 0 fully saturated rings. The summed E-state index contributed by atoms with van der Waals surface area (Å²) in [5, 5.41) is 3.45. The monoisotopic (exact) mass is 387 g/mol. The maximum atomic E-state index is 4.95. The van der Waals surface area contributed by atoms with Gasteiger partial charge in [0.2, 0.25) is 0 Å². The van der Waals surface area contributed by atoms with E-state index in [0.29, 0.717) is 17.0 Å². The molecule has 1 unspecified atom stereocenters. The number of para-hydroxylation sites is 2. The molecule has 0 saturated heterocycles. The van der Waals surface area contributed by atoms with Crippen LogP contribution in [0.1, 0.15) is 6.92 Å². The van der Waals surface area contributed by atoms with Gasteiger partial charge in [0, 0.05) is 0 Å². The Hall–Kier alpha value is -3.39. The van der Waals surface area contributed by atoms with Crippen LogP contribution in [0.2, 0.25) is 0 Å². The largest absolute Gasteiger partial charge is 0.358 e. The van der Waals surface area contributed by atoms with Crippen molar-refractivity contribution in [1.82, 2.24) is 19.9 Å². The number of fused-ring (bicyclic) bond motifs is 2. The standard InChI is InChI=1S/C20H17N7S/c1-13(25-19-17-18(22-11-21-17)23-12-24-19)20-26-15-9-5-6-10-16(15)28-27(20)14-7-3-2-4-8-14/h2-13H,1H3,(H2,21,22,23,24,25). The first-order chi connectivity index (χ1) is 13.8. The molecule has 2 aromatic heterocycles. The molecule has 4 aromatic rings. The summed E-state index contributed by atoms with van der Waals surface area (Å²) in [6, 6.07) is 18.3. The quantitative estimate of drug-likeness (QED) is 0.505. The lowest BCUT2D eigenvalue weighted by Gasteiger charge is -2.32. The lowest BCUT2D eigenvalue weighted by Crippen LogP contribution is -2.39. The molecular formula is C20H17N7S. The van der Waals surface area contributed by atoms with Crippen LogP contribution in [0.15, 0.2) is 77.1 Å². The van der Waals surface area contributed by atoms with Crippen LogP contribution in [0.25, 0.3) is 11.2 Å². The predicted molar refractivity (Wildman–Crippen MR) is 113 cm³/mol. The van der Waals surface area contributed by atoms with Crippen LogP contribution in [0.3, 0.4) is 0 Å². The van der Waals surface area contributed by atoms with E-state index in [1.807, 2.05) is 36.4 Å². The summed E-state index contributed by atoms with van der Waals surface area (Å²) in [5.41, 5.74) is 3.46. The number of imidazole rings is 1. The first-order valence-corrected chi connectivity index (χ1v) is 9.68. The molecule has 0 radical (unpaired) electrons. The summed E-state index contributed by atoms with van der Waals surface area (Å²) in [7, 11) is 0. The fraction of sp³-hybridized carbons (Fsp3) is 0.100. The third-order valence-corrected chi connectivity index (χ3v) is 5.57. The summed E-state index contributed by atoms with van der Waals surface area (Å²) in [4.78, 5) is 22.0. The van der Waals surface area contributed by atoms with E-state index in [2.05, 4.69) is 54.7 Å². The van der Waals surface area contributed by atoms with Gasteiger partial charge < -0.3 is 10.3 Å². The molecule has 8 heteroatoms. The number of amidine groups is 1. The van der Waals surface area contributed by atoms with Crippen molar-refractivity contribution in [3.8, 4) is 0 Å². The van der Waals surface area contributed by atoms with Crippen molar-refractivity contribution in [3.63, 3.8) is 0 Å². The SMILES string of the molecule is CC(Nc1ncnc2[nH]cnc12)C1=Nc2ccccc2SN1c1ccccc1. The van der Waals surface area contributed by atoms with E-state index < -0.39 is 0 Å². The van der Waals surface area contributed by atoms with E-state index in [1.165, 1.54) is 6.33 Å². The molecule has 2 aromatic carbocycles. The lowest BCUT2D eigenvalue weighted by molar-refractivity contribution is 1.00. The van der Waals surface area contributed by atoms with Crippen LogP contribution in [0, 0.1) is 0 Å². The van der Waals surface area contributed by atoms with Gasteiger partial charge in [0.25, 0.3) is 0 Å². The smallest absolute Gasteiger partial charge is 0.162 e. The first-order valence-electron chi connectivity index (χ1n) is 8.91. The number of rotatable bonds is 4. The van der Waals surface area contributed by atoms with Crippen molar-refractivity contribution in [1.29, 1.82) is 0 Å². The maximum absolute atomic E-state index is 4.95. The summed E-state index contributed by atoms with van der Waals surface area (Å²) in [6.45, 7) is 2.07. The number of aliphatic imine (C=N–C) groups is 1. The van der Waals surface area contributed by atoms with Crippen molar-refractivity contribution < 1.29 is 0 Å². The van der Waals surface area contributed by atoms with E-state index in [1.54, 1.807) is 18.3 Å². The van der Waals surface area contributed by atoms with Crippen LogP contribution < -0.4 is 9.62 Å².